The number of unbranched alkanes of at least 4 members (excludes halogenated alkanes) is 1. The lowest BCUT2D eigenvalue weighted by molar-refractivity contribution is -0.137. The number of hydrogen-bond donors (Lipinski definition) is 2. The van der Waals surface area contributed by atoms with Gasteiger partial charge in [-0.2, -0.15) is 16.8 Å². The summed E-state index contributed by atoms with van der Waals surface area (Å²) < 4.78 is 0. The molecule has 0 bridgehead atoms. The van der Waals surface area contributed by atoms with Crippen LogP contribution in [0, 0.1) is 4.91 Å². The van der Waals surface area contributed by atoms with E-state index in [1.165, 1.54) is 0 Å². The molecule has 0 aromatic carbocycles. The standard InChI is InChI=1S/C10H15N3O4S/c14-8(15)4-2-1-3-7-9-6(5-18-7)13(12-17)10(16)11-9/h6-7,9H,1-5H2,(H,11,16)(H,14,15)/t6-,7-,9-/m0/s1. The van der Waals surface area contributed by atoms with Crippen molar-refractivity contribution in [1.82, 2.24) is 10.3 Å². The predicted octanol–water partition coefficient (Wildman–Crippen LogP) is 1.19. The third-order valence-electron chi connectivity index (χ3n) is 3.33. The van der Waals surface area contributed by atoms with E-state index < -0.39 is 12.0 Å². The number of amides is 2. The first-order chi connectivity index (χ1) is 8.63. The number of carbonyl (C=O) groups excluding carboxylic acids is 1. The Morgan fingerprint density at radius 2 is 2.33 bits per heavy atom. The fourth-order valence-corrected chi connectivity index (χ4v) is 4.01. The minimum atomic E-state index is -0.780. The number of aliphatic carboxylic acids is 1. The molecule has 0 aromatic rings. The van der Waals surface area contributed by atoms with Crippen molar-refractivity contribution >= 4 is 23.8 Å². The Morgan fingerprint density at radius 1 is 1.56 bits per heavy atom. The molecular weight excluding hydrogens is 258 g/mol. The van der Waals surface area contributed by atoms with Crippen molar-refractivity contribution < 1.29 is 14.7 Å². The van der Waals surface area contributed by atoms with Crippen LogP contribution in [-0.2, 0) is 4.79 Å². The minimum Gasteiger partial charge on any atom is -0.481 e. The number of nitroso groups, excluding NO2 is 1. The summed E-state index contributed by atoms with van der Waals surface area (Å²) in [7, 11) is 0. The molecule has 2 rings (SSSR count). The van der Waals surface area contributed by atoms with Crippen molar-refractivity contribution in [2.24, 2.45) is 5.29 Å². The highest BCUT2D eigenvalue weighted by molar-refractivity contribution is 8.00. The largest absolute Gasteiger partial charge is 0.481 e. The third-order valence-corrected chi connectivity index (χ3v) is 4.82. The SMILES string of the molecule is O=NN1C(=O)N[C@@H]2[C@H](CCCCC(=O)O)SC[C@@H]21. The molecule has 2 fully saturated rings. The summed E-state index contributed by atoms with van der Waals surface area (Å²) in [5.74, 6) is -0.0731. The van der Waals surface area contributed by atoms with Gasteiger partial charge in [0, 0.05) is 17.4 Å². The van der Waals surface area contributed by atoms with Crippen molar-refractivity contribution in [1.29, 1.82) is 0 Å². The Labute approximate surface area is 108 Å². The van der Waals surface area contributed by atoms with Gasteiger partial charge < -0.3 is 10.4 Å². The molecule has 18 heavy (non-hydrogen) atoms. The molecule has 0 radical (unpaired) electrons. The first-order valence-corrected chi connectivity index (χ1v) is 6.94. The fourth-order valence-electron chi connectivity index (χ4n) is 2.43. The summed E-state index contributed by atoms with van der Waals surface area (Å²) in [5.41, 5.74) is 0. The molecule has 100 valence electrons. The van der Waals surface area contributed by atoms with Gasteiger partial charge in [0.1, 0.15) is 0 Å². The van der Waals surface area contributed by atoms with E-state index in [4.69, 9.17) is 5.11 Å². The second-order valence-corrected chi connectivity index (χ2v) is 5.75. The van der Waals surface area contributed by atoms with Crippen molar-refractivity contribution in [2.75, 3.05) is 5.75 Å². The molecule has 2 heterocycles. The number of urea groups is 1. The molecule has 2 amide bonds. The summed E-state index contributed by atoms with van der Waals surface area (Å²) in [4.78, 5) is 32.3. The monoisotopic (exact) mass is 273 g/mol. The number of nitrogens with zero attached hydrogens (tertiary/aromatic N) is 2. The maximum Gasteiger partial charge on any atom is 0.341 e. The van der Waals surface area contributed by atoms with Crippen LogP contribution >= 0.6 is 11.8 Å². The van der Waals surface area contributed by atoms with Crippen LogP contribution in [0.25, 0.3) is 0 Å². The van der Waals surface area contributed by atoms with E-state index in [2.05, 4.69) is 10.6 Å². The average Bonchev–Trinajstić information content (AvgIpc) is 2.82. The number of carboxylic acid groups (broad SMARTS) is 1. The lowest BCUT2D eigenvalue weighted by Crippen LogP contribution is -2.36. The van der Waals surface area contributed by atoms with Gasteiger partial charge in [0.25, 0.3) is 0 Å². The van der Waals surface area contributed by atoms with Crippen LogP contribution in [0.4, 0.5) is 4.79 Å². The van der Waals surface area contributed by atoms with E-state index in [0.29, 0.717) is 12.2 Å². The quantitative estimate of drug-likeness (QED) is 0.430. The van der Waals surface area contributed by atoms with Gasteiger partial charge in [0.15, 0.2) is 0 Å². The first kappa shape index (κ1) is 13.1. The molecule has 0 aromatic heterocycles. The normalized spacial score (nSPS) is 30.1. The molecule has 3 atom stereocenters. The average molecular weight is 273 g/mol. The molecule has 2 aliphatic heterocycles. The first-order valence-electron chi connectivity index (χ1n) is 5.90. The number of carboxylic acids is 1. The molecular formula is C10H15N3O4S. The summed E-state index contributed by atoms with van der Waals surface area (Å²) in [6.07, 6.45) is 2.50. The van der Waals surface area contributed by atoms with Crippen molar-refractivity contribution in [2.45, 2.75) is 43.0 Å². The molecule has 2 N–H and O–H groups in total. The summed E-state index contributed by atoms with van der Waals surface area (Å²) >= 11 is 1.71. The molecule has 8 heteroatoms. The number of nitrogens with one attached hydrogen (secondary N) is 1. The van der Waals surface area contributed by atoms with Gasteiger partial charge in [-0.25, -0.2) is 4.79 Å². The predicted molar refractivity (Wildman–Crippen MR) is 66.1 cm³/mol. The van der Waals surface area contributed by atoms with E-state index in [0.717, 1.165) is 17.9 Å². The Balaban J connectivity index is 1.81. The van der Waals surface area contributed by atoms with Gasteiger partial charge in [0.05, 0.1) is 17.4 Å². The zero-order chi connectivity index (χ0) is 13.1. The van der Waals surface area contributed by atoms with E-state index in [1.54, 1.807) is 11.8 Å². The summed E-state index contributed by atoms with van der Waals surface area (Å²) in [6.45, 7) is 0. The Bertz CT molecular complexity index is 365. The number of rotatable bonds is 6. The highest BCUT2D eigenvalue weighted by Gasteiger charge is 2.48. The lowest BCUT2D eigenvalue weighted by Gasteiger charge is -2.16. The van der Waals surface area contributed by atoms with Gasteiger partial charge in [-0.15, -0.1) is 4.91 Å². The maximum absolute atomic E-state index is 11.4. The van der Waals surface area contributed by atoms with Crippen molar-refractivity contribution in [3.63, 3.8) is 0 Å². The topological polar surface area (TPSA) is 99.1 Å². The Hall–Kier alpha value is -1.31. The van der Waals surface area contributed by atoms with E-state index >= 15 is 0 Å². The van der Waals surface area contributed by atoms with Crippen LogP contribution in [0.15, 0.2) is 5.29 Å². The molecule has 2 saturated heterocycles. The fraction of sp³-hybridized carbons (Fsp3) is 0.800. The number of carbonyl (C=O) groups is 2. The summed E-state index contributed by atoms with van der Waals surface area (Å²) in [6, 6.07) is -0.606. The molecule has 0 unspecified atom stereocenters. The van der Waals surface area contributed by atoms with Crippen LogP contribution in [0.1, 0.15) is 25.7 Å². The van der Waals surface area contributed by atoms with Gasteiger partial charge in [0.2, 0.25) is 0 Å². The van der Waals surface area contributed by atoms with E-state index in [9.17, 15) is 14.5 Å². The number of fused-ring (bicyclic) bond motifs is 1. The molecule has 0 aliphatic carbocycles. The van der Waals surface area contributed by atoms with Crippen LogP contribution in [0.2, 0.25) is 0 Å². The number of thioether (sulfide) groups is 1. The van der Waals surface area contributed by atoms with Gasteiger partial charge in [-0.05, 0) is 12.8 Å². The number of hydrogen-bond acceptors (Lipinski definition) is 5. The molecule has 0 spiro atoms. The molecule has 0 saturated carbocycles. The second kappa shape index (κ2) is 5.55. The van der Waals surface area contributed by atoms with Gasteiger partial charge in [-0.3, -0.25) is 4.79 Å². The third kappa shape index (κ3) is 2.58. The lowest BCUT2D eigenvalue weighted by atomic mass is 10.0. The van der Waals surface area contributed by atoms with E-state index in [-0.39, 0.29) is 23.8 Å². The Morgan fingerprint density at radius 3 is 3.00 bits per heavy atom. The zero-order valence-electron chi connectivity index (χ0n) is 9.74. The molecule has 2 aliphatic rings. The highest BCUT2D eigenvalue weighted by Crippen LogP contribution is 2.36. The van der Waals surface area contributed by atoms with Crippen molar-refractivity contribution in [3.8, 4) is 0 Å². The van der Waals surface area contributed by atoms with Gasteiger partial charge >= 0.3 is 12.0 Å². The Kier molecular flexibility index (Phi) is 4.05. The maximum atomic E-state index is 11.4. The zero-order valence-corrected chi connectivity index (χ0v) is 10.6. The summed E-state index contributed by atoms with van der Waals surface area (Å²) in [5, 5.41) is 15.3. The molecule has 7 nitrogen and oxygen atoms in total. The van der Waals surface area contributed by atoms with Crippen LogP contribution in [0.5, 0.6) is 0 Å². The second-order valence-electron chi connectivity index (χ2n) is 4.48. The van der Waals surface area contributed by atoms with Gasteiger partial charge in [-0.1, -0.05) is 6.42 Å². The van der Waals surface area contributed by atoms with E-state index in [1.807, 2.05) is 0 Å². The van der Waals surface area contributed by atoms with Crippen molar-refractivity contribution in [3.05, 3.63) is 4.91 Å². The minimum absolute atomic E-state index is 0.0370. The smallest absolute Gasteiger partial charge is 0.341 e. The van der Waals surface area contributed by atoms with Crippen LogP contribution in [-0.4, -0.2) is 45.2 Å². The van der Waals surface area contributed by atoms with Crippen LogP contribution < -0.4 is 5.32 Å². The van der Waals surface area contributed by atoms with Crippen LogP contribution in [0.3, 0.4) is 0 Å². The highest BCUT2D eigenvalue weighted by atomic mass is 32.2.